The fourth-order valence-corrected chi connectivity index (χ4v) is 3.70. The van der Waals surface area contributed by atoms with Crippen LogP contribution in [0.5, 0.6) is 0 Å². The second-order valence-corrected chi connectivity index (χ2v) is 8.49. The molecule has 1 aliphatic rings. The molecule has 2 heterocycles. The molecular weight excluding hydrogens is 408 g/mol. The van der Waals surface area contributed by atoms with E-state index in [0.717, 1.165) is 48.9 Å². The molecular formula is C20H27BrN4O2. The lowest BCUT2D eigenvalue weighted by Crippen LogP contribution is -2.43. The smallest absolute Gasteiger partial charge is 0.241 e. The SMILES string of the molecule is CC(C)CCNC(=O)C1CCCN(Cc2nc(-c3cccc(Br)c3)no2)C1. The van der Waals surface area contributed by atoms with Crippen molar-refractivity contribution in [3.63, 3.8) is 0 Å². The first-order valence-electron chi connectivity index (χ1n) is 9.60. The number of hydrogen-bond donors (Lipinski definition) is 1. The molecule has 0 aliphatic carbocycles. The highest BCUT2D eigenvalue weighted by atomic mass is 79.9. The molecule has 1 aromatic carbocycles. The Morgan fingerprint density at radius 2 is 2.30 bits per heavy atom. The number of halogens is 1. The first kappa shape index (κ1) is 20.0. The Labute approximate surface area is 168 Å². The van der Waals surface area contributed by atoms with Gasteiger partial charge in [0.15, 0.2) is 0 Å². The summed E-state index contributed by atoms with van der Waals surface area (Å²) < 4.78 is 6.41. The lowest BCUT2D eigenvalue weighted by molar-refractivity contribution is -0.126. The summed E-state index contributed by atoms with van der Waals surface area (Å²) in [5.74, 6) is 1.99. The number of aromatic nitrogens is 2. The van der Waals surface area contributed by atoms with Crippen LogP contribution in [0.1, 0.15) is 39.0 Å². The van der Waals surface area contributed by atoms with Gasteiger partial charge in [0.1, 0.15) is 0 Å². The van der Waals surface area contributed by atoms with Crippen LogP contribution in [0, 0.1) is 11.8 Å². The Hall–Kier alpha value is -1.73. The van der Waals surface area contributed by atoms with E-state index in [-0.39, 0.29) is 11.8 Å². The van der Waals surface area contributed by atoms with E-state index in [1.807, 2.05) is 24.3 Å². The molecule has 0 radical (unpaired) electrons. The third kappa shape index (κ3) is 5.87. The maximum Gasteiger partial charge on any atom is 0.241 e. The molecule has 0 spiro atoms. The summed E-state index contributed by atoms with van der Waals surface area (Å²) in [4.78, 5) is 19.1. The predicted octanol–water partition coefficient (Wildman–Crippen LogP) is 3.87. The molecule has 3 rings (SSSR count). The molecule has 6 nitrogen and oxygen atoms in total. The largest absolute Gasteiger partial charge is 0.356 e. The summed E-state index contributed by atoms with van der Waals surface area (Å²) in [5.41, 5.74) is 0.917. The normalized spacial score (nSPS) is 18.0. The van der Waals surface area contributed by atoms with Gasteiger partial charge in [0.25, 0.3) is 0 Å². The van der Waals surface area contributed by atoms with Crippen molar-refractivity contribution in [1.29, 1.82) is 0 Å². The van der Waals surface area contributed by atoms with Gasteiger partial charge >= 0.3 is 0 Å². The van der Waals surface area contributed by atoms with Crippen LogP contribution in [0.15, 0.2) is 33.3 Å². The standard InChI is InChI=1S/C20H27BrN4O2/c1-14(2)8-9-22-20(26)16-6-4-10-25(12-16)13-18-23-19(24-27-18)15-5-3-7-17(21)11-15/h3,5,7,11,14,16H,4,6,8-10,12-13H2,1-2H3,(H,22,26). The number of nitrogens with zero attached hydrogens (tertiary/aromatic N) is 3. The topological polar surface area (TPSA) is 71.3 Å². The van der Waals surface area contributed by atoms with E-state index in [0.29, 0.717) is 24.2 Å². The zero-order valence-corrected chi connectivity index (χ0v) is 17.5. The van der Waals surface area contributed by atoms with Crippen molar-refractivity contribution in [1.82, 2.24) is 20.4 Å². The van der Waals surface area contributed by atoms with Gasteiger partial charge in [0, 0.05) is 23.1 Å². The van der Waals surface area contributed by atoms with Crippen molar-refractivity contribution in [2.24, 2.45) is 11.8 Å². The fourth-order valence-electron chi connectivity index (χ4n) is 3.30. The minimum Gasteiger partial charge on any atom is -0.356 e. The second-order valence-electron chi connectivity index (χ2n) is 7.57. The van der Waals surface area contributed by atoms with Crippen LogP contribution in [0.2, 0.25) is 0 Å². The van der Waals surface area contributed by atoms with Crippen molar-refractivity contribution < 1.29 is 9.32 Å². The van der Waals surface area contributed by atoms with Gasteiger partial charge < -0.3 is 9.84 Å². The highest BCUT2D eigenvalue weighted by Gasteiger charge is 2.26. The Balaban J connectivity index is 1.54. The third-order valence-corrected chi connectivity index (χ3v) is 5.30. The van der Waals surface area contributed by atoms with Crippen LogP contribution in [-0.2, 0) is 11.3 Å². The molecule has 0 saturated carbocycles. The lowest BCUT2D eigenvalue weighted by atomic mass is 9.97. The highest BCUT2D eigenvalue weighted by Crippen LogP contribution is 2.22. The van der Waals surface area contributed by atoms with Crippen LogP contribution in [-0.4, -0.2) is 40.6 Å². The molecule has 1 aromatic heterocycles. The Bertz CT molecular complexity index is 762. The van der Waals surface area contributed by atoms with Crippen LogP contribution in [0.25, 0.3) is 11.4 Å². The number of piperidine rings is 1. The van der Waals surface area contributed by atoms with Crippen molar-refractivity contribution in [3.05, 3.63) is 34.6 Å². The quantitative estimate of drug-likeness (QED) is 0.715. The van der Waals surface area contributed by atoms with Gasteiger partial charge in [-0.05, 0) is 43.9 Å². The second kappa shape index (κ2) is 9.46. The van der Waals surface area contributed by atoms with Gasteiger partial charge in [-0.3, -0.25) is 9.69 Å². The number of hydrogen-bond acceptors (Lipinski definition) is 5. The minimum absolute atomic E-state index is 0.0402. The number of carbonyl (C=O) groups excluding carboxylic acids is 1. The molecule has 1 fully saturated rings. The van der Waals surface area contributed by atoms with Crippen molar-refractivity contribution >= 4 is 21.8 Å². The van der Waals surface area contributed by atoms with E-state index in [9.17, 15) is 4.79 Å². The van der Waals surface area contributed by atoms with Crippen molar-refractivity contribution in [2.75, 3.05) is 19.6 Å². The van der Waals surface area contributed by atoms with E-state index in [4.69, 9.17) is 4.52 Å². The van der Waals surface area contributed by atoms with Gasteiger partial charge in [-0.2, -0.15) is 4.98 Å². The molecule has 27 heavy (non-hydrogen) atoms. The van der Waals surface area contributed by atoms with Crippen LogP contribution in [0.4, 0.5) is 0 Å². The van der Waals surface area contributed by atoms with Gasteiger partial charge in [0.05, 0.1) is 12.5 Å². The molecule has 0 bridgehead atoms. The van der Waals surface area contributed by atoms with Crippen molar-refractivity contribution in [3.8, 4) is 11.4 Å². The van der Waals surface area contributed by atoms with E-state index in [2.05, 4.69) is 50.1 Å². The lowest BCUT2D eigenvalue weighted by Gasteiger charge is -2.30. The number of amides is 1. The van der Waals surface area contributed by atoms with E-state index >= 15 is 0 Å². The zero-order valence-electron chi connectivity index (χ0n) is 15.9. The number of benzene rings is 1. The molecule has 1 atom stereocenters. The molecule has 1 N–H and O–H groups in total. The zero-order chi connectivity index (χ0) is 19.2. The molecule has 1 aliphatic heterocycles. The molecule has 1 unspecified atom stereocenters. The van der Waals surface area contributed by atoms with Crippen molar-refractivity contribution in [2.45, 2.75) is 39.7 Å². The summed E-state index contributed by atoms with van der Waals surface area (Å²) in [6.45, 7) is 7.36. The number of nitrogens with one attached hydrogen (secondary N) is 1. The monoisotopic (exact) mass is 434 g/mol. The summed E-state index contributed by atoms with van der Waals surface area (Å²) in [6, 6.07) is 7.83. The number of likely N-dealkylation sites (tertiary alicyclic amines) is 1. The average molecular weight is 435 g/mol. The Morgan fingerprint density at radius 1 is 1.44 bits per heavy atom. The van der Waals surface area contributed by atoms with E-state index in [1.165, 1.54) is 0 Å². The van der Waals surface area contributed by atoms with Crippen LogP contribution < -0.4 is 5.32 Å². The fraction of sp³-hybridized carbons (Fsp3) is 0.550. The van der Waals surface area contributed by atoms with Gasteiger partial charge in [-0.25, -0.2) is 0 Å². The number of carbonyl (C=O) groups is 1. The molecule has 1 saturated heterocycles. The van der Waals surface area contributed by atoms with E-state index < -0.39 is 0 Å². The third-order valence-electron chi connectivity index (χ3n) is 4.81. The summed E-state index contributed by atoms with van der Waals surface area (Å²) in [5, 5.41) is 7.17. The highest BCUT2D eigenvalue weighted by molar-refractivity contribution is 9.10. The molecule has 7 heteroatoms. The Kier molecular flexibility index (Phi) is 7.01. The first-order valence-corrected chi connectivity index (χ1v) is 10.4. The van der Waals surface area contributed by atoms with Crippen LogP contribution >= 0.6 is 15.9 Å². The van der Waals surface area contributed by atoms with Gasteiger partial charge in [-0.1, -0.05) is 47.1 Å². The van der Waals surface area contributed by atoms with E-state index in [1.54, 1.807) is 0 Å². The molecule has 2 aromatic rings. The molecule has 146 valence electrons. The first-order chi connectivity index (χ1) is 13.0. The average Bonchev–Trinajstić information content (AvgIpc) is 3.10. The predicted molar refractivity (Wildman–Crippen MR) is 108 cm³/mol. The summed E-state index contributed by atoms with van der Waals surface area (Å²) >= 11 is 3.46. The van der Waals surface area contributed by atoms with Gasteiger partial charge in [-0.15, -0.1) is 0 Å². The minimum atomic E-state index is 0.0402. The maximum absolute atomic E-state index is 12.4. The Morgan fingerprint density at radius 3 is 3.07 bits per heavy atom. The maximum atomic E-state index is 12.4. The molecule has 1 amide bonds. The summed E-state index contributed by atoms with van der Waals surface area (Å²) in [6.07, 6.45) is 2.97. The van der Waals surface area contributed by atoms with Gasteiger partial charge in [0.2, 0.25) is 17.6 Å². The van der Waals surface area contributed by atoms with Crippen LogP contribution in [0.3, 0.4) is 0 Å². The number of rotatable bonds is 7. The summed E-state index contributed by atoms with van der Waals surface area (Å²) in [7, 11) is 0.